The molecule has 2 atom stereocenters. The van der Waals surface area contributed by atoms with Crippen molar-refractivity contribution in [3.63, 3.8) is 0 Å². The maximum Gasteiger partial charge on any atom is 0.242 e. The molecule has 8 nitrogen and oxygen atoms in total. The van der Waals surface area contributed by atoms with E-state index in [1.807, 2.05) is 6.92 Å². The van der Waals surface area contributed by atoms with Crippen LogP contribution in [0.5, 0.6) is 0 Å². The second-order valence-corrected chi connectivity index (χ2v) is 6.63. The number of carbonyl (C=O) groups is 1. The number of hydrogen-bond acceptors (Lipinski definition) is 7. The fraction of sp³-hybridized carbons (Fsp3) is 0.647. The molecule has 2 aromatic rings. The fourth-order valence-electron chi connectivity index (χ4n) is 3.36. The lowest BCUT2D eigenvalue weighted by Crippen LogP contribution is -2.48. The van der Waals surface area contributed by atoms with Crippen molar-refractivity contribution in [3.8, 4) is 0 Å². The second-order valence-electron chi connectivity index (χ2n) is 6.63. The van der Waals surface area contributed by atoms with Crippen molar-refractivity contribution < 1.29 is 13.8 Å². The zero-order valence-corrected chi connectivity index (χ0v) is 15.0. The molecule has 136 valence electrons. The zero-order valence-electron chi connectivity index (χ0n) is 15.0. The zero-order chi connectivity index (χ0) is 17.8. The monoisotopic (exact) mass is 347 g/mol. The van der Waals surface area contributed by atoms with E-state index in [0.29, 0.717) is 23.3 Å². The first kappa shape index (κ1) is 17.6. The Morgan fingerprint density at radius 1 is 1.40 bits per heavy atom. The van der Waals surface area contributed by atoms with Crippen molar-refractivity contribution in [2.75, 3.05) is 18.4 Å². The average molecular weight is 347 g/mol. The van der Waals surface area contributed by atoms with Crippen LogP contribution in [0.25, 0.3) is 0 Å². The van der Waals surface area contributed by atoms with E-state index < -0.39 is 0 Å². The average Bonchev–Trinajstić information content (AvgIpc) is 3.21. The van der Waals surface area contributed by atoms with Gasteiger partial charge in [0.2, 0.25) is 11.8 Å². The number of amides is 1. The molecule has 25 heavy (non-hydrogen) atoms. The van der Waals surface area contributed by atoms with Crippen molar-refractivity contribution in [2.45, 2.75) is 58.4 Å². The molecule has 0 radical (unpaired) electrons. The van der Waals surface area contributed by atoms with Crippen LogP contribution < -0.4 is 5.32 Å². The van der Waals surface area contributed by atoms with Crippen LogP contribution in [0.2, 0.25) is 0 Å². The first-order valence-electron chi connectivity index (χ1n) is 8.85. The molecule has 1 N–H and O–H groups in total. The SMILES string of the molecule is CCC[C@H](C(=O)Nc1cc(C)on1)N1CCC[C@H](c2nc(C)no2)C1. The fourth-order valence-corrected chi connectivity index (χ4v) is 3.36. The van der Waals surface area contributed by atoms with E-state index in [2.05, 4.69) is 32.4 Å². The van der Waals surface area contributed by atoms with Gasteiger partial charge in [0.15, 0.2) is 11.6 Å². The van der Waals surface area contributed by atoms with Crippen LogP contribution >= 0.6 is 0 Å². The Bertz CT molecular complexity index is 711. The third-order valence-corrected chi connectivity index (χ3v) is 4.53. The Kier molecular flexibility index (Phi) is 5.47. The number of anilines is 1. The minimum absolute atomic E-state index is 0.0440. The van der Waals surface area contributed by atoms with Crippen molar-refractivity contribution >= 4 is 11.7 Å². The number of nitrogens with zero attached hydrogens (tertiary/aromatic N) is 4. The summed E-state index contributed by atoms with van der Waals surface area (Å²) in [4.78, 5) is 19.4. The van der Waals surface area contributed by atoms with Crippen LogP contribution in [0.15, 0.2) is 15.1 Å². The molecule has 1 aliphatic rings. The molecule has 3 heterocycles. The highest BCUT2D eigenvalue weighted by Gasteiger charge is 2.32. The number of piperidine rings is 1. The summed E-state index contributed by atoms with van der Waals surface area (Å²) >= 11 is 0. The van der Waals surface area contributed by atoms with Crippen molar-refractivity contribution in [1.82, 2.24) is 20.2 Å². The molecule has 1 fully saturated rings. The van der Waals surface area contributed by atoms with Gasteiger partial charge in [0.25, 0.3) is 0 Å². The number of carbonyl (C=O) groups excluding carboxylic acids is 1. The first-order valence-corrected chi connectivity index (χ1v) is 8.85. The summed E-state index contributed by atoms with van der Waals surface area (Å²) in [5, 5.41) is 10.6. The quantitative estimate of drug-likeness (QED) is 0.858. The maximum atomic E-state index is 12.8. The Hall–Kier alpha value is -2.22. The topological polar surface area (TPSA) is 97.3 Å². The molecule has 0 saturated carbocycles. The van der Waals surface area contributed by atoms with Gasteiger partial charge in [-0.2, -0.15) is 4.98 Å². The summed E-state index contributed by atoms with van der Waals surface area (Å²) in [6, 6.07) is 1.52. The summed E-state index contributed by atoms with van der Waals surface area (Å²) in [6.07, 6.45) is 3.72. The summed E-state index contributed by atoms with van der Waals surface area (Å²) in [5.74, 6) is 2.59. The van der Waals surface area contributed by atoms with Crippen LogP contribution in [0.4, 0.5) is 5.82 Å². The summed E-state index contributed by atoms with van der Waals surface area (Å²) in [5.41, 5.74) is 0. The Morgan fingerprint density at radius 3 is 2.88 bits per heavy atom. The smallest absolute Gasteiger partial charge is 0.242 e. The van der Waals surface area contributed by atoms with E-state index in [9.17, 15) is 4.79 Å². The van der Waals surface area contributed by atoms with Gasteiger partial charge in [0.05, 0.1) is 12.0 Å². The Morgan fingerprint density at radius 2 is 2.24 bits per heavy atom. The molecule has 0 spiro atoms. The lowest BCUT2D eigenvalue weighted by Gasteiger charge is -2.36. The first-order chi connectivity index (χ1) is 12.1. The predicted molar refractivity (Wildman–Crippen MR) is 91.1 cm³/mol. The number of nitrogens with one attached hydrogen (secondary N) is 1. The van der Waals surface area contributed by atoms with Gasteiger partial charge in [-0.15, -0.1) is 0 Å². The van der Waals surface area contributed by atoms with Crippen molar-refractivity contribution in [3.05, 3.63) is 23.5 Å². The van der Waals surface area contributed by atoms with E-state index >= 15 is 0 Å². The van der Waals surface area contributed by atoms with Crippen LogP contribution in [-0.4, -0.2) is 45.2 Å². The minimum atomic E-state index is -0.200. The third-order valence-electron chi connectivity index (χ3n) is 4.53. The molecule has 1 saturated heterocycles. The number of hydrogen-bond donors (Lipinski definition) is 1. The van der Waals surface area contributed by atoms with Gasteiger partial charge >= 0.3 is 0 Å². The van der Waals surface area contributed by atoms with Gasteiger partial charge in [0, 0.05) is 12.6 Å². The highest BCUT2D eigenvalue weighted by Crippen LogP contribution is 2.28. The molecule has 8 heteroatoms. The molecular weight excluding hydrogens is 322 g/mol. The van der Waals surface area contributed by atoms with Crippen LogP contribution in [-0.2, 0) is 4.79 Å². The molecular formula is C17H25N5O3. The number of likely N-dealkylation sites (tertiary alicyclic amines) is 1. The van der Waals surface area contributed by atoms with Crippen LogP contribution in [0.1, 0.15) is 56.0 Å². The molecule has 0 bridgehead atoms. The van der Waals surface area contributed by atoms with Gasteiger partial charge in [-0.3, -0.25) is 9.69 Å². The highest BCUT2D eigenvalue weighted by molar-refractivity contribution is 5.94. The summed E-state index contributed by atoms with van der Waals surface area (Å²) in [7, 11) is 0. The Labute approximate surface area is 146 Å². The van der Waals surface area contributed by atoms with E-state index in [1.54, 1.807) is 13.0 Å². The second kappa shape index (κ2) is 7.77. The van der Waals surface area contributed by atoms with Gasteiger partial charge in [-0.05, 0) is 39.7 Å². The van der Waals surface area contributed by atoms with Gasteiger partial charge in [0.1, 0.15) is 5.76 Å². The lowest BCUT2D eigenvalue weighted by atomic mass is 9.95. The molecule has 2 aromatic heterocycles. The maximum absolute atomic E-state index is 12.8. The van der Waals surface area contributed by atoms with E-state index in [1.165, 1.54) is 0 Å². The lowest BCUT2D eigenvalue weighted by molar-refractivity contribution is -0.122. The highest BCUT2D eigenvalue weighted by atomic mass is 16.5. The van der Waals surface area contributed by atoms with Gasteiger partial charge < -0.3 is 14.4 Å². The molecule has 1 amide bonds. The van der Waals surface area contributed by atoms with Gasteiger partial charge in [-0.1, -0.05) is 23.7 Å². The summed E-state index contributed by atoms with van der Waals surface area (Å²) < 4.78 is 10.4. The normalized spacial score (nSPS) is 19.7. The van der Waals surface area contributed by atoms with Crippen LogP contribution in [0.3, 0.4) is 0 Å². The number of aromatic nitrogens is 3. The van der Waals surface area contributed by atoms with Crippen LogP contribution in [0, 0.1) is 13.8 Å². The largest absolute Gasteiger partial charge is 0.360 e. The molecule has 0 unspecified atom stereocenters. The molecule has 0 aromatic carbocycles. The molecule has 1 aliphatic heterocycles. The number of rotatable bonds is 6. The number of aryl methyl sites for hydroxylation is 2. The standard InChI is InChI=1S/C17H25N5O3/c1-4-6-14(16(23)19-15-9-11(2)24-21-15)22-8-5-7-13(10-22)17-18-12(3)20-25-17/h9,13-14H,4-8,10H2,1-3H3,(H,19,21,23)/t13-,14+/m0/s1. The van der Waals surface area contributed by atoms with Crippen molar-refractivity contribution in [1.29, 1.82) is 0 Å². The molecule has 3 rings (SSSR count). The van der Waals surface area contributed by atoms with E-state index in [0.717, 1.165) is 38.8 Å². The van der Waals surface area contributed by atoms with E-state index in [4.69, 9.17) is 9.05 Å². The van der Waals surface area contributed by atoms with Crippen molar-refractivity contribution in [2.24, 2.45) is 0 Å². The van der Waals surface area contributed by atoms with Gasteiger partial charge in [-0.25, -0.2) is 0 Å². The minimum Gasteiger partial charge on any atom is -0.360 e. The predicted octanol–water partition coefficient (Wildman–Crippen LogP) is 2.66. The Balaban J connectivity index is 1.69. The summed E-state index contributed by atoms with van der Waals surface area (Å²) in [6.45, 7) is 7.34. The molecule has 0 aliphatic carbocycles. The van der Waals surface area contributed by atoms with E-state index in [-0.39, 0.29) is 17.9 Å². The third kappa shape index (κ3) is 4.25.